The van der Waals surface area contributed by atoms with Crippen LogP contribution in [0, 0.1) is 5.92 Å². The van der Waals surface area contributed by atoms with Crippen LogP contribution in [0.15, 0.2) is 40.9 Å². The minimum Gasteiger partial charge on any atom is -0.493 e. The molecule has 0 fully saturated rings. The molecule has 0 heterocycles. The van der Waals surface area contributed by atoms with Crippen LogP contribution < -0.4 is 20.1 Å². The molecule has 0 aliphatic rings. The lowest BCUT2D eigenvalue weighted by Crippen LogP contribution is -2.17. The van der Waals surface area contributed by atoms with E-state index in [9.17, 15) is 4.79 Å². The van der Waals surface area contributed by atoms with Crippen molar-refractivity contribution in [3.8, 4) is 11.5 Å². The van der Waals surface area contributed by atoms with E-state index in [0.717, 1.165) is 27.2 Å². The number of carbonyl (C=O) groups excluding carboxylic acids is 1. The number of rotatable bonds is 8. The first-order valence-corrected chi connectivity index (χ1v) is 9.78. The molecule has 27 heavy (non-hydrogen) atoms. The fourth-order valence-electron chi connectivity index (χ4n) is 2.42. The summed E-state index contributed by atoms with van der Waals surface area (Å²) in [5.41, 5.74) is 2.72. The molecule has 2 N–H and O–H groups in total. The van der Waals surface area contributed by atoms with Gasteiger partial charge in [0.25, 0.3) is 0 Å². The van der Waals surface area contributed by atoms with Crippen LogP contribution in [0.25, 0.3) is 0 Å². The van der Waals surface area contributed by atoms with Crippen LogP contribution in [-0.2, 0) is 11.3 Å². The zero-order chi connectivity index (χ0) is 20.0. The average molecular weight is 435 g/mol. The van der Waals surface area contributed by atoms with Crippen molar-refractivity contribution in [2.75, 3.05) is 17.7 Å². The molecule has 0 saturated heterocycles. The van der Waals surface area contributed by atoms with Crippen molar-refractivity contribution in [2.45, 2.75) is 40.3 Å². The average Bonchev–Trinajstić information content (AvgIpc) is 2.62. The van der Waals surface area contributed by atoms with Crippen molar-refractivity contribution < 1.29 is 14.3 Å². The van der Waals surface area contributed by atoms with Gasteiger partial charge in [-0.3, -0.25) is 4.79 Å². The summed E-state index contributed by atoms with van der Waals surface area (Å²) in [6.45, 7) is 8.28. The van der Waals surface area contributed by atoms with Crippen LogP contribution >= 0.6 is 15.9 Å². The van der Waals surface area contributed by atoms with Crippen molar-refractivity contribution in [2.24, 2.45) is 5.92 Å². The SMILES string of the molecule is COc1ccc(Br)c(CNc2ccc(NC(=O)C(C)C)cc2)c1OC(C)C. The summed E-state index contributed by atoms with van der Waals surface area (Å²) in [7, 11) is 1.64. The number of carbonyl (C=O) groups is 1. The summed E-state index contributed by atoms with van der Waals surface area (Å²) in [6, 6.07) is 11.5. The van der Waals surface area contributed by atoms with Gasteiger partial charge in [0.2, 0.25) is 5.91 Å². The highest BCUT2D eigenvalue weighted by Gasteiger charge is 2.16. The predicted octanol–water partition coefficient (Wildman–Crippen LogP) is 5.45. The highest BCUT2D eigenvalue weighted by Crippen LogP contribution is 2.37. The molecule has 2 rings (SSSR count). The van der Waals surface area contributed by atoms with E-state index in [2.05, 4.69) is 26.6 Å². The third-order valence-corrected chi connectivity index (χ3v) is 4.63. The van der Waals surface area contributed by atoms with Crippen molar-refractivity contribution in [1.82, 2.24) is 0 Å². The number of amides is 1. The van der Waals surface area contributed by atoms with Crippen LogP contribution in [0.2, 0.25) is 0 Å². The number of anilines is 2. The van der Waals surface area contributed by atoms with E-state index in [1.54, 1.807) is 7.11 Å². The summed E-state index contributed by atoms with van der Waals surface area (Å²) in [5, 5.41) is 6.28. The van der Waals surface area contributed by atoms with E-state index in [1.165, 1.54) is 0 Å². The number of methoxy groups -OCH3 is 1. The summed E-state index contributed by atoms with van der Waals surface area (Å²) in [4.78, 5) is 11.8. The number of halogens is 1. The van der Waals surface area contributed by atoms with Gasteiger partial charge >= 0.3 is 0 Å². The van der Waals surface area contributed by atoms with Crippen LogP contribution in [-0.4, -0.2) is 19.1 Å². The van der Waals surface area contributed by atoms with Gasteiger partial charge in [-0.05, 0) is 50.2 Å². The van der Waals surface area contributed by atoms with E-state index in [4.69, 9.17) is 9.47 Å². The Morgan fingerprint density at radius 3 is 2.22 bits per heavy atom. The molecule has 0 spiro atoms. The normalized spacial score (nSPS) is 10.8. The lowest BCUT2D eigenvalue weighted by molar-refractivity contribution is -0.118. The highest BCUT2D eigenvalue weighted by molar-refractivity contribution is 9.10. The molecule has 0 aliphatic heterocycles. The molecular formula is C21H27BrN2O3. The fourth-order valence-corrected chi connectivity index (χ4v) is 2.87. The molecule has 6 heteroatoms. The number of nitrogens with one attached hydrogen (secondary N) is 2. The first kappa shape index (κ1) is 21.1. The molecular weight excluding hydrogens is 408 g/mol. The third-order valence-electron chi connectivity index (χ3n) is 3.89. The zero-order valence-electron chi connectivity index (χ0n) is 16.4. The summed E-state index contributed by atoms with van der Waals surface area (Å²) in [5.74, 6) is 1.39. The lowest BCUT2D eigenvalue weighted by Gasteiger charge is -2.19. The summed E-state index contributed by atoms with van der Waals surface area (Å²) < 4.78 is 12.4. The number of hydrogen-bond donors (Lipinski definition) is 2. The maximum absolute atomic E-state index is 11.8. The van der Waals surface area contributed by atoms with E-state index >= 15 is 0 Å². The molecule has 2 aromatic rings. The van der Waals surface area contributed by atoms with Gasteiger partial charge in [-0.2, -0.15) is 0 Å². The molecule has 0 saturated carbocycles. The smallest absolute Gasteiger partial charge is 0.226 e. The molecule has 0 bridgehead atoms. The second kappa shape index (κ2) is 9.65. The maximum Gasteiger partial charge on any atom is 0.226 e. The maximum atomic E-state index is 11.8. The second-order valence-electron chi connectivity index (χ2n) is 6.80. The Morgan fingerprint density at radius 1 is 1.04 bits per heavy atom. The predicted molar refractivity (Wildman–Crippen MR) is 114 cm³/mol. The second-order valence-corrected chi connectivity index (χ2v) is 7.65. The molecule has 146 valence electrons. The minimum atomic E-state index is -0.0485. The van der Waals surface area contributed by atoms with Crippen LogP contribution in [0.4, 0.5) is 11.4 Å². The molecule has 0 atom stereocenters. The zero-order valence-corrected chi connectivity index (χ0v) is 18.0. The topological polar surface area (TPSA) is 59.6 Å². The quantitative estimate of drug-likeness (QED) is 0.579. The molecule has 0 aromatic heterocycles. The Balaban J connectivity index is 2.13. The van der Waals surface area contributed by atoms with Gasteiger partial charge in [0.1, 0.15) is 0 Å². The van der Waals surface area contributed by atoms with Crippen LogP contribution in [0.3, 0.4) is 0 Å². The van der Waals surface area contributed by atoms with Crippen molar-refractivity contribution in [3.63, 3.8) is 0 Å². The van der Waals surface area contributed by atoms with Crippen molar-refractivity contribution in [3.05, 3.63) is 46.4 Å². The first-order valence-electron chi connectivity index (χ1n) is 8.98. The summed E-state index contributed by atoms with van der Waals surface area (Å²) >= 11 is 3.60. The monoisotopic (exact) mass is 434 g/mol. The van der Waals surface area contributed by atoms with Gasteiger partial charge in [-0.15, -0.1) is 0 Å². The van der Waals surface area contributed by atoms with Gasteiger partial charge < -0.3 is 20.1 Å². The van der Waals surface area contributed by atoms with Gasteiger partial charge in [0.05, 0.1) is 13.2 Å². The Hall–Kier alpha value is -2.21. The third kappa shape index (κ3) is 5.89. The minimum absolute atomic E-state index is 0.00602. The standard InChI is InChI=1S/C21H27BrN2O3/c1-13(2)21(25)24-16-8-6-15(7-9-16)23-12-17-18(22)10-11-19(26-5)20(17)27-14(3)4/h6-11,13-14,23H,12H2,1-5H3,(H,24,25). The van der Waals surface area contributed by atoms with Crippen LogP contribution in [0.5, 0.6) is 11.5 Å². The molecule has 0 unspecified atom stereocenters. The molecule has 1 amide bonds. The van der Waals surface area contributed by atoms with Gasteiger partial charge in [-0.1, -0.05) is 29.8 Å². The molecule has 0 radical (unpaired) electrons. The van der Waals surface area contributed by atoms with E-state index in [0.29, 0.717) is 12.3 Å². The largest absolute Gasteiger partial charge is 0.493 e. The number of ether oxygens (including phenoxy) is 2. The van der Waals surface area contributed by atoms with Gasteiger partial charge in [0, 0.05) is 33.9 Å². The Bertz CT molecular complexity index is 774. The number of hydrogen-bond acceptors (Lipinski definition) is 4. The number of benzene rings is 2. The lowest BCUT2D eigenvalue weighted by atomic mass is 10.1. The molecule has 5 nitrogen and oxygen atoms in total. The van der Waals surface area contributed by atoms with Gasteiger partial charge in [-0.25, -0.2) is 0 Å². The van der Waals surface area contributed by atoms with Crippen molar-refractivity contribution in [1.29, 1.82) is 0 Å². The van der Waals surface area contributed by atoms with E-state index < -0.39 is 0 Å². The summed E-state index contributed by atoms with van der Waals surface area (Å²) in [6.07, 6.45) is 0.0378. The van der Waals surface area contributed by atoms with E-state index in [-0.39, 0.29) is 17.9 Å². The Morgan fingerprint density at radius 2 is 1.67 bits per heavy atom. The van der Waals surface area contributed by atoms with Crippen molar-refractivity contribution >= 4 is 33.2 Å². The Labute approximate surface area is 169 Å². The molecule has 0 aliphatic carbocycles. The first-order chi connectivity index (χ1) is 12.8. The fraction of sp³-hybridized carbons (Fsp3) is 0.381. The van der Waals surface area contributed by atoms with E-state index in [1.807, 2.05) is 64.1 Å². The highest BCUT2D eigenvalue weighted by atomic mass is 79.9. The Kier molecular flexibility index (Phi) is 7.54. The van der Waals surface area contributed by atoms with Gasteiger partial charge in [0.15, 0.2) is 11.5 Å². The van der Waals surface area contributed by atoms with Crippen LogP contribution in [0.1, 0.15) is 33.3 Å². The molecule has 2 aromatic carbocycles.